The number of aliphatic hydroxyl groups is 1. The highest BCUT2D eigenvalue weighted by atomic mass is 16.5. The van der Waals surface area contributed by atoms with E-state index in [0.29, 0.717) is 6.61 Å². The van der Waals surface area contributed by atoms with Crippen molar-refractivity contribution >= 4 is 17.3 Å². The highest BCUT2D eigenvalue weighted by molar-refractivity contribution is 6.24. The van der Waals surface area contributed by atoms with Crippen LogP contribution < -0.4 is 10.1 Å². The number of anilines is 1. The van der Waals surface area contributed by atoms with E-state index in [1.54, 1.807) is 0 Å². The van der Waals surface area contributed by atoms with Gasteiger partial charge in [0.1, 0.15) is 11.6 Å². The van der Waals surface area contributed by atoms with Gasteiger partial charge in [-0.2, -0.15) is 5.10 Å². The molecule has 3 aromatic carbocycles. The number of aromatic nitrogens is 2. The Balaban J connectivity index is 0.00000124. The van der Waals surface area contributed by atoms with Crippen LogP contribution in [0.5, 0.6) is 5.75 Å². The fourth-order valence-electron chi connectivity index (χ4n) is 4.99. The molecule has 6 heteroatoms. The fraction of sp³-hybridized carbons (Fsp3) is 0.172. The van der Waals surface area contributed by atoms with Crippen molar-refractivity contribution in [2.45, 2.75) is 19.8 Å². The number of ether oxygens (including phenoxy) is 1. The predicted octanol–water partition coefficient (Wildman–Crippen LogP) is 5.35. The van der Waals surface area contributed by atoms with Crippen molar-refractivity contribution in [2.24, 2.45) is 0 Å². The van der Waals surface area contributed by atoms with Crippen LogP contribution in [0.1, 0.15) is 45.6 Å². The third-order valence-electron chi connectivity index (χ3n) is 6.41. The highest BCUT2D eigenvalue weighted by Crippen LogP contribution is 2.50. The molecular weight excluding hydrogens is 438 g/mol. The van der Waals surface area contributed by atoms with Crippen molar-refractivity contribution < 1.29 is 14.6 Å². The van der Waals surface area contributed by atoms with Gasteiger partial charge in [0.15, 0.2) is 5.78 Å². The SMILES string of the molecule is CCOc1ccc(C2C3=C(Nc4c2c(C)nn4-c2ccccc2)c2ccccc2C3=O)cc1.CO. The number of fused-ring (bicyclic) bond motifs is 3. The van der Waals surface area contributed by atoms with Crippen LogP contribution in [0.4, 0.5) is 5.82 Å². The Bertz CT molecular complexity index is 1420. The largest absolute Gasteiger partial charge is 0.494 e. The van der Waals surface area contributed by atoms with Gasteiger partial charge in [0, 0.05) is 35.3 Å². The summed E-state index contributed by atoms with van der Waals surface area (Å²) in [7, 11) is 1.00. The standard InChI is InChI=1S/C28H23N3O2.CH4O/c1-3-33-20-15-13-18(14-16-20)24-23-17(2)30-31(19-9-5-4-6-10-19)28(23)29-26-21-11-7-8-12-22(21)27(32)25(24)26;1-2/h4-16,24,29H,3H2,1-2H3;2H,1H3. The van der Waals surface area contributed by atoms with Crippen LogP contribution in [0.15, 0.2) is 84.4 Å². The quantitative estimate of drug-likeness (QED) is 0.425. The van der Waals surface area contributed by atoms with Crippen LogP contribution in [0, 0.1) is 6.92 Å². The van der Waals surface area contributed by atoms with Gasteiger partial charge in [0.25, 0.3) is 0 Å². The summed E-state index contributed by atoms with van der Waals surface area (Å²) in [5.41, 5.74) is 7.29. The molecule has 4 aromatic rings. The number of hydrogen-bond donors (Lipinski definition) is 2. The predicted molar refractivity (Wildman–Crippen MR) is 137 cm³/mol. The number of nitrogens with zero attached hydrogens (tertiary/aromatic N) is 2. The number of benzene rings is 3. The Labute approximate surface area is 204 Å². The Morgan fingerprint density at radius 2 is 1.60 bits per heavy atom. The molecule has 0 saturated heterocycles. The maximum atomic E-state index is 13.6. The smallest absolute Gasteiger partial charge is 0.192 e. The molecular formula is C29H27N3O3. The lowest BCUT2D eigenvalue weighted by Crippen LogP contribution is -2.20. The van der Waals surface area contributed by atoms with Crippen molar-refractivity contribution in [3.8, 4) is 11.4 Å². The first-order chi connectivity index (χ1) is 17.2. The molecule has 6 rings (SSSR count). The normalized spacial score (nSPS) is 15.4. The third kappa shape index (κ3) is 3.63. The molecule has 1 aliphatic carbocycles. The molecule has 0 spiro atoms. The Hall–Kier alpha value is -4.16. The number of rotatable bonds is 4. The van der Waals surface area contributed by atoms with E-state index in [-0.39, 0.29) is 11.7 Å². The first-order valence-corrected chi connectivity index (χ1v) is 11.6. The van der Waals surface area contributed by atoms with E-state index < -0.39 is 0 Å². The van der Waals surface area contributed by atoms with E-state index in [4.69, 9.17) is 14.9 Å². The molecule has 0 amide bonds. The van der Waals surface area contributed by atoms with Gasteiger partial charge in [-0.3, -0.25) is 4.79 Å². The van der Waals surface area contributed by atoms with E-state index in [0.717, 1.165) is 63.6 Å². The maximum Gasteiger partial charge on any atom is 0.192 e. The molecule has 0 bridgehead atoms. The number of para-hydroxylation sites is 1. The number of ketones is 1. The second-order valence-electron chi connectivity index (χ2n) is 8.32. The van der Waals surface area contributed by atoms with Crippen LogP contribution in [0.3, 0.4) is 0 Å². The minimum atomic E-state index is -0.218. The minimum Gasteiger partial charge on any atom is -0.494 e. The van der Waals surface area contributed by atoms with Crippen molar-refractivity contribution in [3.63, 3.8) is 0 Å². The zero-order valence-corrected chi connectivity index (χ0v) is 19.9. The summed E-state index contributed by atoms with van der Waals surface area (Å²) >= 11 is 0. The van der Waals surface area contributed by atoms with Crippen LogP contribution in [0.2, 0.25) is 0 Å². The molecule has 176 valence electrons. The summed E-state index contributed by atoms with van der Waals surface area (Å²) in [6.07, 6.45) is 0. The molecule has 6 nitrogen and oxygen atoms in total. The molecule has 35 heavy (non-hydrogen) atoms. The van der Waals surface area contributed by atoms with Crippen LogP contribution in [0.25, 0.3) is 11.4 Å². The molecule has 2 N–H and O–H groups in total. The number of carbonyl (C=O) groups is 1. The van der Waals surface area contributed by atoms with Gasteiger partial charge in [-0.15, -0.1) is 0 Å². The number of hydrogen-bond acceptors (Lipinski definition) is 5. The number of Topliss-reactive ketones (excluding diaryl/α,β-unsaturated/α-hetero) is 1. The van der Waals surface area contributed by atoms with Gasteiger partial charge in [-0.25, -0.2) is 4.68 Å². The number of aryl methyl sites for hydroxylation is 1. The topological polar surface area (TPSA) is 76.4 Å². The number of carbonyl (C=O) groups excluding carboxylic acids is 1. The molecule has 0 saturated carbocycles. The Morgan fingerprint density at radius 3 is 2.29 bits per heavy atom. The Morgan fingerprint density at radius 1 is 0.943 bits per heavy atom. The second kappa shape index (κ2) is 9.24. The maximum absolute atomic E-state index is 13.6. The van der Waals surface area contributed by atoms with Crippen LogP contribution >= 0.6 is 0 Å². The average Bonchev–Trinajstić information content (AvgIpc) is 3.40. The molecule has 0 radical (unpaired) electrons. The Kier molecular flexibility index (Phi) is 5.97. The second-order valence-corrected chi connectivity index (χ2v) is 8.32. The van der Waals surface area contributed by atoms with Crippen LogP contribution in [-0.2, 0) is 0 Å². The van der Waals surface area contributed by atoms with Crippen molar-refractivity contribution in [2.75, 3.05) is 19.0 Å². The lowest BCUT2D eigenvalue weighted by Gasteiger charge is -2.27. The summed E-state index contributed by atoms with van der Waals surface area (Å²) < 4.78 is 7.60. The molecule has 2 aliphatic rings. The van der Waals surface area contributed by atoms with E-state index in [9.17, 15) is 4.79 Å². The van der Waals surface area contributed by atoms with Crippen LogP contribution in [-0.4, -0.2) is 34.4 Å². The zero-order chi connectivity index (χ0) is 24.5. The lowest BCUT2D eigenvalue weighted by molar-refractivity contribution is 0.103. The third-order valence-corrected chi connectivity index (χ3v) is 6.41. The number of aliphatic hydroxyl groups excluding tert-OH is 1. The summed E-state index contributed by atoms with van der Waals surface area (Å²) in [5.74, 6) is 1.58. The van der Waals surface area contributed by atoms with Gasteiger partial charge < -0.3 is 15.2 Å². The summed E-state index contributed by atoms with van der Waals surface area (Å²) in [6, 6.07) is 26.0. The first-order valence-electron chi connectivity index (χ1n) is 11.6. The van der Waals surface area contributed by atoms with Gasteiger partial charge in [-0.05, 0) is 43.7 Å². The van der Waals surface area contributed by atoms with E-state index in [1.807, 2.05) is 85.3 Å². The summed E-state index contributed by atoms with van der Waals surface area (Å²) in [5, 5.41) is 15.5. The van der Waals surface area contributed by atoms with E-state index >= 15 is 0 Å². The van der Waals surface area contributed by atoms with Gasteiger partial charge >= 0.3 is 0 Å². The lowest BCUT2D eigenvalue weighted by atomic mass is 9.81. The van der Waals surface area contributed by atoms with E-state index in [2.05, 4.69) is 17.4 Å². The highest BCUT2D eigenvalue weighted by Gasteiger charge is 2.42. The molecule has 1 atom stereocenters. The van der Waals surface area contributed by atoms with Gasteiger partial charge in [0.05, 0.1) is 23.7 Å². The zero-order valence-electron chi connectivity index (χ0n) is 19.9. The molecule has 1 aliphatic heterocycles. The molecule has 2 heterocycles. The molecule has 0 fully saturated rings. The molecule has 1 aromatic heterocycles. The van der Waals surface area contributed by atoms with Crippen molar-refractivity contribution in [3.05, 3.63) is 112 Å². The first kappa shape index (κ1) is 22.6. The number of allylic oxidation sites excluding steroid dienone is 1. The van der Waals surface area contributed by atoms with Gasteiger partial charge in [0.2, 0.25) is 0 Å². The monoisotopic (exact) mass is 465 g/mol. The van der Waals surface area contributed by atoms with E-state index in [1.165, 1.54) is 0 Å². The average molecular weight is 466 g/mol. The fourth-order valence-corrected chi connectivity index (χ4v) is 4.99. The number of nitrogens with one attached hydrogen (secondary N) is 1. The minimum absolute atomic E-state index is 0.0736. The van der Waals surface area contributed by atoms with Gasteiger partial charge in [-0.1, -0.05) is 54.6 Å². The summed E-state index contributed by atoms with van der Waals surface area (Å²) in [6.45, 7) is 4.60. The van der Waals surface area contributed by atoms with Crippen molar-refractivity contribution in [1.29, 1.82) is 0 Å². The van der Waals surface area contributed by atoms with Crippen molar-refractivity contribution in [1.82, 2.24) is 9.78 Å². The molecule has 1 unspecified atom stereocenters. The summed E-state index contributed by atoms with van der Waals surface area (Å²) in [4.78, 5) is 13.6.